The van der Waals surface area contributed by atoms with E-state index in [-0.39, 0.29) is 11.1 Å². The SMILES string of the molecule is Cc1cccc(/C=C2\SC(=O)NC2=O)c1N1CC[C@@H](CNC(=O)OC(C)(C)C)C1. The number of amides is 3. The van der Waals surface area contributed by atoms with Crippen molar-refractivity contribution < 1.29 is 19.1 Å². The highest BCUT2D eigenvalue weighted by Crippen LogP contribution is 2.34. The van der Waals surface area contributed by atoms with Crippen LogP contribution >= 0.6 is 11.8 Å². The molecule has 0 unspecified atom stereocenters. The predicted octanol–water partition coefficient (Wildman–Crippen LogP) is 3.67. The molecule has 0 aromatic heterocycles. The molecule has 7 nitrogen and oxygen atoms in total. The number of nitrogens with one attached hydrogen (secondary N) is 2. The number of benzene rings is 1. The molecule has 0 saturated carbocycles. The van der Waals surface area contributed by atoms with Crippen molar-refractivity contribution in [3.63, 3.8) is 0 Å². The summed E-state index contributed by atoms with van der Waals surface area (Å²) < 4.78 is 5.30. The fraction of sp³-hybridized carbons (Fsp3) is 0.476. The molecular formula is C21H27N3O4S. The van der Waals surface area contributed by atoms with Crippen LogP contribution in [0.2, 0.25) is 0 Å². The van der Waals surface area contributed by atoms with Crippen LogP contribution in [0.5, 0.6) is 0 Å². The lowest BCUT2D eigenvalue weighted by molar-refractivity contribution is -0.115. The zero-order valence-electron chi connectivity index (χ0n) is 17.2. The van der Waals surface area contributed by atoms with Gasteiger partial charge in [-0.25, -0.2) is 4.79 Å². The number of carbonyl (C=O) groups excluding carboxylic acids is 3. The number of ether oxygens (including phenoxy) is 1. The van der Waals surface area contributed by atoms with Crippen LogP contribution in [0.4, 0.5) is 15.3 Å². The molecule has 0 bridgehead atoms. The fourth-order valence-corrected chi connectivity index (χ4v) is 4.21. The molecule has 0 spiro atoms. The van der Waals surface area contributed by atoms with Gasteiger partial charge < -0.3 is 15.0 Å². The molecule has 2 N–H and O–H groups in total. The van der Waals surface area contributed by atoms with E-state index in [2.05, 4.69) is 15.5 Å². The lowest BCUT2D eigenvalue weighted by atomic mass is 10.1. The Kier molecular flexibility index (Phi) is 6.21. The van der Waals surface area contributed by atoms with Gasteiger partial charge in [0.2, 0.25) is 0 Å². The minimum absolute atomic E-state index is 0.313. The Bertz CT molecular complexity index is 860. The number of imide groups is 1. The van der Waals surface area contributed by atoms with E-state index in [1.165, 1.54) is 0 Å². The Hall–Kier alpha value is -2.48. The predicted molar refractivity (Wildman–Crippen MR) is 115 cm³/mol. The van der Waals surface area contributed by atoms with Gasteiger partial charge >= 0.3 is 6.09 Å². The Labute approximate surface area is 175 Å². The second kappa shape index (κ2) is 8.49. The van der Waals surface area contributed by atoms with E-state index in [1.807, 2.05) is 45.9 Å². The highest BCUT2D eigenvalue weighted by Gasteiger charge is 2.28. The van der Waals surface area contributed by atoms with E-state index in [0.29, 0.717) is 17.4 Å². The quantitative estimate of drug-likeness (QED) is 0.727. The van der Waals surface area contributed by atoms with Crippen LogP contribution in [-0.4, -0.2) is 42.5 Å². The van der Waals surface area contributed by atoms with E-state index in [1.54, 1.807) is 6.08 Å². The van der Waals surface area contributed by atoms with Gasteiger partial charge in [0, 0.05) is 25.3 Å². The van der Waals surface area contributed by atoms with Crippen LogP contribution in [0.3, 0.4) is 0 Å². The summed E-state index contributed by atoms with van der Waals surface area (Å²) >= 11 is 0.923. The maximum atomic E-state index is 11.9. The van der Waals surface area contributed by atoms with Crippen molar-refractivity contribution in [2.45, 2.75) is 39.7 Å². The zero-order valence-corrected chi connectivity index (χ0v) is 18.0. The van der Waals surface area contributed by atoms with Crippen LogP contribution in [0.1, 0.15) is 38.3 Å². The number of thioether (sulfide) groups is 1. The number of carbonyl (C=O) groups is 3. The Morgan fingerprint density at radius 2 is 2.14 bits per heavy atom. The first-order chi connectivity index (χ1) is 13.6. The van der Waals surface area contributed by atoms with Crippen molar-refractivity contribution in [1.82, 2.24) is 10.6 Å². The van der Waals surface area contributed by atoms with Gasteiger partial charge in [-0.1, -0.05) is 18.2 Å². The maximum absolute atomic E-state index is 11.9. The van der Waals surface area contributed by atoms with E-state index in [4.69, 9.17) is 4.74 Å². The fourth-order valence-electron chi connectivity index (χ4n) is 3.54. The molecule has 2 aliphatic rings. The molecule has 2 saturated heterocycles. The summed E-state index contributed by atoms with van der Waals surface area (Å²) in [6.45, 7) is 9.78. The monoisotopic (exact) mass is 417 g/mol. The third-order valence-electron chi connectivity index (χ3n) is 4.73. The van der Waals surface area contributed by atoms with Gasteiger partial charge in [-0.15, -0.1) is 0 Å². The lowest BCUT2D eigenvalue weighted by Gasteiger charge is -2.24. The number of nitrogens with zero attached hydrogens (tertiary/aromatic N) is 1. The number of hydrogen-bond acceptors (Lipinski definition) is 6. The normalized spacial score (nSPS) is 20.9. The largest absolute Gasteiger partial charge is 0.444 e. The number of para-hydroxylation sites is 1. The summed E-state index contributed by atoms with van der Waals surface area (Å²) in [5.74, 6) is -0.0401. The first-order valence-electron chi connectivity index (χ1n) is 9.68. The van der Waals surface area contributed by atoms with Gasteiger partial charge in [0.05, 0.1) is 4.91 Å². The first-order valence-corrected chi connectivity index (χ1v) is 10.5. The van der Waals surface area contributed by atoms with Crippen LogP contribution in [0.25, 0.3) is 6.08 Å². The molecule has 0 radical (unpaired) electrons. The van der Waals surface area contributed by atoms with Gasteiger partial charge in [0.1, 0.15) is 5.60 Å². The lowest BCUT2D eigenvalue weighted by Crippen LogP contribution is -2.36. The summed E-state index contributed by atoms with van der Waals surface area (Å²) in [5, 5.41) is 4.81. The number of hydrogen-bond donors (Lipinski definition) is 2. The van der Waals surface area contributed by atoms with Crippen molar-refractivity contribution in [2.24, 2.45) is 5.92 Å². The topological polar surface area (TPSA) is 87.7 Å². The summed E-state index contributed by atoms with van der Waals surface area (Å²) in [4.78, 5) is 38.0. The maximum Gasteiger partial charge on any atom is 0.407 e. The highest BCUT2D eigenvalue weighted by atomic mass is 32.2. The van der Waals surface area contributed by atoms with Crippen LogP contribution in [0.15, 0.2) is 23.1 Å². The molecule has 1 atom stereocenters. The van der Waals surface area contributed by atoms with Gasteiger partial charge in [0.25, 0.3) is 11.1 Å². The third-order valence-corrected chi connectivity index (χ3v) is 5.54. The molecule has 2 fully saturated rings. The van der Waals surface area contributed by atoms with Crippen LogP contribution in [0, 0.1) is 12.8 Å². The van der Waals surface area contributed by atoms with Crippen molar-refractivity contribution >= 4 is 40.8 Å². The van der Waals surface area contributed by atoms with Gasteiger partial charge in [-0.3, -0.25) is 14.9 Å². The molecule has 3 amide bonds. The molecule has 1 aromatic rings. The molecule has 1 aromatic carbocycles. The summed E-state index contributed by atoms with van der Waals surface area (Å²) in [7, 11) is 0. The highest BCUT2D eigenvalue weighted by molar-refractivity contribution is 8.18. The Morgan fingerprint density at radius 1 is 1.38 bits per heavy atom. The van der Waals surface area contributed by atoms with Crippen LogP contribution < -0.4 is 15.5 Å². The Morgan fingerprint density at radius 3 is 2.79 bits per heavy atom. The number of rotatable bonds is 4. The second-order valence-corrected chi connectivity index (χ2v) is 9.36. The van der Waals surface area contributed by atoms with Gasteiger partial charge in [0.15, 0.2) is 0 Å². The summed E-state index contributed by atoms with van der Waals surface area (Å²) in [5.41, 5.74) is 2.57. The Balaban J connectivity index is 1.69. The third kappa shape index (κ3) is 5.53. The molecular weight excluding hydrogens is 390 g/mol. The summed E-state index contributed by atoms with van der Waals surface area (Å²) in [6.07, 6.45) is 2.33. The molecule has 156 valence electrons. The molecule has 0 aliphatic carbocycles. The molecule has 2 heterocycles. The van der Waals surface area contributed by atoms with Crippen molar-refractivity contribution in [3.05, 3.63) is 34.2 Å². The minimum Gasteiger partial charge on any atom is -0.444 e. The van der Waals surface area contributed by atoms with Gasteiger partial charge in [-0.05, 0) is 69.0 Å². The standard InChI is InChI=1S/C21H27N3O4S/c1-13-6-5-7-15(10-16-18(25)23-20(27)29-16)17(13)24-9-8-14(12-24)11-22-19(26)28-21(2,3)4/h5-7,10,14H,8-9,11-12H2,1-4H3,(H,22,26)(H,23,25,27)/b16-10-/t14-/m0/s1. The number of alkyl carbamates (subject to hydrolysis) is 1. The van der Waals surface area contributed by atoms with Crippen molar-refractivity contribution in [1.29, 1.82) is 0 Å². The molecule has 3 rings (SSSR count). The van der Waals surface area contributed by atoms with E-state index < -0.39 is 11.7 Å². The minimum atomic E-state index is -0.513. The van der Waals surface area contributed by atoms with Crippen molar-refractivity contribution in [2.75, 3.05) is 24.5 Å². The second-order valence-electron chi connectivity index (χ2n) is 8.35. The smallest absolute Gasteiger partial charge is 0.407 e. The van der Waals surface area contributed by atoms with Gasteiger partial charge in [-0.2, -0.15) is 0 Å². The molecule has 2 aliphatic heterocycles. The van der Waals surface area contributed by atoms with Crippen LogP contribution in [-0.2, 0) is 9.53 Å². The van der Waals surface area contributed by atoms with E-state index in [0.717, 1.165) is 48.1 Å². The summed E-state index contributed by atoms with van der Waals surface area (Å²) in [6, 6.07) is 5.94. The number of aryl methyl sites for hydroxylation is 1. The van der Waals surface area contributed by atoms with Crippen molar-refractivity contribution in [3.8, 4) is 0 Å². The van der Waals surface area contributed by atoms with E-state index >= 15 is 0 Å². The molecule has 8 heteroatoms. The average molecular weight is 418 g/mol. The number of anilines is 1. The van der Waals surface area contributed by atoms with E-state index in [9.17, 15) is 14.4 Å². The first kappa shape index (κ1) is 21.2. The molecule has 29 heavy (non-hydrogen) atoms. The average Bonchev–Trinajstić information content (AvgIpc) is 3.18. The zero-order chi connectivity index (χ0) is 21.2.